The molecule has 0 spiro atoms. The summed E-state index contributed by atoms with van der Waals surface area (Å²) in [5, 5.41) is 1.78. The predicted octanol–water partition coefficient (Wildman–Crippen LogP) is 4.20. The third kappa shape index (κ3) is 2.26. The van der Waals surface area contributed by atoms with Crippen LogP contribution >= 0.6 is 0 Å². The number of halogens is 1. The van der Waals surface area contributed by atoms with Gasteiger partial charge in [0, 0.05) is 5.39 Å². The van der Waals surface area contributed by atoms with E-state index in [0.29, 0.717) is 5.75 Å². The number of rotatable bonds is 2. The second kappa shape index (κ2) is 5.13. The van der Waals surface area contributed by atoms with Crippen molar-refractivity contribution in [1.82, 2.24) is 0 Å². The molecule has 0 aliphatic carbocycles. The molecule has 20 heavy (non-hydrogen) atoms. The van der Waals surface area contributed by atoms with Crippen LogP contribution in [0.1, 0.15) is 10.4 Å². The fourth-order valence-electron chi connectivity index (χ4n) is 2.07. The Morgan fingerprint density at radius 2 is 1.55 bits per heavy atom. The molecular weight excluding hydrogens is 255 g/mol. The lowest BCUT2D eigenvalue weighted by Gasteiger charge is -2.08. The van der Waals surface area contributed by atoms with Crippen molar-refractivity contribution >= 4 is 16.7 Å². The van der Waals surface area contributed by atoms with Gasteiger partial charge in [-0.05, 0) is 23.6 Å². The topological polar surface area (TPSA) is 26.3 Å². The molecule has 0 radical (unpaired) electrons. The molecule has 0 saturated carbocycles. The maximum absolute atomic E-state index is 13.6. The van der Waals surface area contributed by atoms with Gasteiger partial charge in [0.15, 0.2) is 0 Å². The Bertz CT molecular complexity index is 775. The lowest BCUT2D eigenvalue weighted by molar-refractivity contribution is 0.0732. The first-order chi connectivity index (χ1) is 9.75. The molecule has 0 bridgehead atoms. The minimum absolute atomic E-state index is 0.0690. The van der Waals surface area contributed by atoms with Crippen molar-refractivity contribution in [3.8, 4) is 5.75 Å². The molecule has 0 amide bonds. The molecule has 3 heteroatoms. The second-order valence-corrected chi connectivity index (χ2v) is 4.35. The highest BCUT2D eigenvalue weighted by atomic mass is 19.1. The van der Waals surface area contributed by atoms with E-state index < -0.39 is 11.8 Å². The number of hydrogen-bond donors (Lipinski definition) is 0. The van der Waals surface area contributed by atoms with Crippen LogP contribution in [0, 0.1) is 5.82 Å². The number of benzene rings is 3. The molecule has 2 nitrogen and oxygen atoms in total. The van der Waals surface area contributed by atoms with E-state index in [1.165, 1.54) is 18.2 Å². The monoisotopic (exact) mass is 266 g/mol. The van der Waals surface area contributed by atoms with Gasteiger partial charge in [-0.25, -0.2) is 9.18 Å². The van der Waals surface area contributed by atoms with E-state index in [9.17, 15) is 9.18 Å². The van der Waals surface area contributed by atoms with Gasteiger partial charge in [-0.15, -0.1) is 0 Å². The van der Waals surface area contributed by atoms with Gasteiger partial charge in [0.05, 0.1) is 5.56 Å². The van der Waals surface area contributed by atoms with Gasteiger partial charge >= 0.3 is 5.97 Å². The fraction of sp³-hybridized carbons (Fsp3) is 0. The normalized spacial score (nSPS) is 10.4. The van der Waals surface area contributed by atoms with Crippen molar-refractivity contribution in [3.63, 3.8) is 0 Å². The molecule has 0 N–H and O–H groups in total. The predicted molar refractivity (Wildman–Crippen MR) is 75.3 cm³/mol. The van der Waals surface area contributed by atoms with Crippen LogP contribution in [0.25, 0.3) is 10.8 Å². The zero-order valence-corrected chi connectivity index (χ0v) is 10.5. The SMILES string of the molecule is O=C(Oc1cccc2ccccc12)c1ccccc1F. The van der Waals surface area contributed by atoms with E-state index in [-0.39, 0.29) is 5.56 Å². The van der Waals surface area contributed by atoms with Crippen LogP contribution in [0.15, 0.2) is 66.7 Å². The molecule has 0 unspecified atom stereocenters. The van der Waals surface area contributed by atoms with Crippen molar-refractivity contribution < 1.29 is 13.9 Å². The fourth-order valence-corrected chi connectivity index (χ4v) is 2.07. The Hall–Kier alpha value is -2.68. The molecule has 3 aromatic carbocycles. The maximum Gasteiger partial charge on any atom is 0.346 e. The number of ether oxygens (including phenoxy) is 1. The Morgan fingerprint density at radius 1 is 0.850 bits per heavy atom. The quantitative estimate of drug-likeness (QED) is 0.513. The van der Waals surface area contributed by atoms with E-state index in [4.69, 9.17) is 4.74 Å². The van der Waals surface area contributed by atoms with Crippen LogP contribution in [-0.2, 0) is 0 Å². The molecule has 0 aromatic heterocycles. The van der Waals surface area contributed by atoms with Crippen LogP contribution in [-0.4, -0.2) is 5.97 Å². The lowest BCUT2D eigenvalue weighted by atomic mass is 10.1. The van der Waals surface area contributed by atoms with Gasteiger partial charge in [-0.1, -0.05) is 48.5 Å². The summed E-state index contributed by atoms with van der Waals surface area (Å²) < 4.78 is 18.9. The summed E-state index contributed by atoms with van der Waals surface area (Å²) in [5.41, 5.74) is -0.0690. The zero-order valence-electron chi connectivity index (χ0n) is 10.5. The van der Waals surface area contributed by atoms with Crippen LogP contribution in [0.5, 0.6) is 5.75 Å². The Kier molecular flexibility index (Phi) is 3.17. The standard InChI is InChI=1S/C17H11FO2/c18-15-10-4-3-9-14(15)17(19)20-16-11-5-7-12-6-1-2-8-13(12)16/h1-11H. The highest BCUT2D eigenvalue weighted by Crippen LogP contribution is 2.26. The molecule has 0 heterocycles. The largest absolute Gasteiger partial charge is 0.422 e. The van der Waals surface area contributed by atoms with E-state index in [1.807, 2.05) is 30.3 Å². The highest BCUT2D eigenvalue weighted by Gasteiger charge is 2.14. The molecule has 98 valence electrons. The first kappa shape index (κ1) is 12.4. The minimum Gasteiger partial charge on any atom is -0.422 e. The van der Waals surface area contributed by atoms with Crippen molar-refractivity contribution in [2.45, 2.75) is 0 Å². The summed E-state index contributed by atoms with van der Waals surface area (Å²) in [6, 6.07) is 18.8. The van der Waals surface area contributed by atoms with Crippen molar-refractivity contribution in [3.05, 3.63) is 78.1 Å². The summed E-state index contributed by atoms with van der Waals surface area (Å²) in [4.78, 5) is 12.0. The first-order valence-electron chi connectivity index (χ1n) is 6.20. The Labute approximate surface area is 115 Å². The van der Waals surface area contributed by atoms with E-state index in [1.54, 1.807) is 18.2 Å². The summed E-state index contributed by atoms with van der Waals surface area (Å²) >= 11 is 0. The first-order valence-corrected chi connectivity index (χ1v) is 6.20. The zero-order chi connectivity index (χ0) is 13.9. The van der Waals surface area contributed by atoms with Crippen LogP contribution in [0.4, 0.5) is 4.39 Å². The van der Waals surface area contributed by atoms with E-state index in [2.05, 4.69) is 0 Å². The molecule has 0 atom stereocenters. The summed E-state index contributed by atoms with van der Waals surface area (Å²) in [5.74, 6) is -0.853. The number of hydrogen-bond acceptors (Lipinski definition) is 2. The average Bonchev–Trinajstić information content (AvgIpc) is 2.48. The van der Waals surface area contributed by atoms with E-state index >= 15 is 0 Å². The number of carbonyl (C=O) groups excluding carboxylic acids is 1. The second-order valence-electron chi connectivity index (χ2n) is 4.35. The molecule has 0 fully saturated rings. The molecule has 0 aliphatic heterocycles. The minimum atomic E-state index is -0.695. The van der Waals surface area contributed by atoms with Crippen molar-refractivity contribution in [2.75, 3.05) is 0 Å². The third-order valence-corrected chi connectivity index (χ3v) is 3.05. The van der Waals surface area contributed by atoms with Crippen LogP contribution in [0.2, 0.25) is 0 Å². The van der Waals surface area contributed by atoms with Crippen LogP contribution in [0.3, 0.4) is 0 Å². The molecule has 0 aliphatic rings. The highest BCUT2D eigenvalue weighted by molar-refractivity contribution is 5.95. The Balaban J connectivity index is 1.98. The Morgan fingerprint density at radius 3 is 2.40 bits per heavy atom. The molecule has 3 rings (SSSR count). The summed E-state index contributed by atoms with van der Waals surface area (Å²) in [6.45, 7) is 0. The van der Waals surface area contributed by atoms with Gasteiger partial charge < -0.3 is 4.74 Å². The van der Waals surface area contributed by atoms with Gasteiger partial charge in [-0.2, -0.15) is 0 Å². The maximum atomic E-state index is 13.6. The number of fused-ring (bicyclic) bond motifs is 1. The molecule has 0 saturated heterocycles. The molecule has 3 aromatic rings. The van der Waals surface area contributed by atoms with Crippen molar-refractivity contribution in [2.24, 2.45) is 0 Å². The molecular formula is C17H11FO2. The summed E-state index contributed by atoms with van der Waals surface area (Å²) in [7, 11) is 0. The number of carbonyl (C=O) groups is 1. The summed E-state index contributed by atoms with van der Waals surface area (Å²) in [6.07, 6.45) is 0. The smallest absolute Gasteiger partial charge is 0.346 e. The van der Waals surface area contributed by atoms with Gasteiger partial charge in [0.25, 0.3) is 0 Å². The van der Waals surface area contributed by atoms with Gasteiger partial charge in [0.1, 0.15) is 11.6 Å². The third-order valence-electron chi connectivity index (χ3n) is 3.05. The lowest BCUT2D eigenvalue weighted by Crippen LogP contribution is -2.10. The number of esters is 1. The van der Waals surface area contributed by atoms with E-state index in [0.717, 1.165) is 10.8 Å². The van der Waals surface area contributed by atoms with Crippen molar-refractivity contribution in [1.29, 1.82) is 0 Å². The van der Waals surface area contributed by atoms with Gasteiger partial charge in [0.2, 0.25) is 0 Å². The van der Waals surface area contributed by atoms with Gasteiger partial charge in [-0.3, -0.25) is 0 Å². The van der Waals surface area contributed by atoms with Crippen LogP contribution < -0.4 is 4.74 Å². The average molecular weight is 266 g/mol.